The molecule has 0 radical (unpaired) electrons. The number of anilines is 1. The van der Waals surface area contributed by atoms with Gasteiger partial charge in [-0.15, -0.1) is 11.3 Å². The Hall–Kier alpha value is -3.13. The molecule has 0 saturated heterocycles. The van der Waals surface area contributed by atoms with Gasteiger partial charge in [0.25, 0.3) is 5.91 Å². The molecule has 3 rings (SSSR count). The van der Waals surface area contributed by atoms with Gasteiger partial charge in [-0.05, 0) is 55.2 Å². The molecule has 1 amide bonds. The number of nitrogens with one attached hydrogen (secondary N) is 2. The lowest BCUT2D eigenvalue weighted by atomic mass is 9.72. The van der Waals surface area contributed by atoms with Gasteiger partial charge in [0.1, 0.15) is 16.9 Å². The molecule has 0 fully saturated rings. The van der Waals surface area contributed by atoms with E-state index in [1.807, 2.05) is 6.07 Å². The number of benzene rings is 1. The van der Waals surface area contributed by atoms with Crippen LogP contribution in [0.25, 0.3) is 0 Å². The number of thiophene rings is 1. The van der Waals surface area contributed by atoms with Crippen molar-refractivity contribution in [2.75, 3.05) is 11.9 Å². The number of carbonyl (C=O) groups excluding carboxylic acids is 2. The molecule has 36 heavy (non-hydrogen) atoms. The van der Waals surface area contributed by atoms with Gasteiger partial charge < -0.3 is 15.4 Å². The van der Waals surface area contributed by atoms with E-state index in [-0.39, 0.29) is 21.9 Å². The van der Waals surface area contributed by atoms with Crippen molar-refractivity contribution >= 4 is 28.2 Å². The highest BCUT2D eigenvalue weighted by Crippen LogP contribution is 2.45. The zero-order valence-electron chi connectivity index (χ0n) is 20.3. The highest BCUT2D eigenvalue weighted by atomic mass is 32.1. The first-order valence-corrected chi connectivity index (χ1v) is 12.2. The topological polar surface area (TPSA) is 91.2 Å². The van der Waals surface area contributed by atoms with Crippen molar-refractivity contribution < 1.29 is 31.9 Å². The van der Waals surface area contributed by atoms with E-state index < -0.39 is 41.7 Å². The van der Waals surface area contributed by atoms with Gasteiger partial charge in [0.05, 0.1) is 17.7 Å². The van der Waals surface area contributed by atoms with Crippen LogP contribution in [-0.4, -0.2) is 30.3 Å². The standard InChI is InChI=1S/C25H27F4N3O3S/c1-5-35-22(34)24(25(27,28)29,31-20(33)16-8-6-7-9-18(16)26)32-21-17(13-30)15-11-10-14(23(2,3)4)12-19(15)36-21/h6-9,14,32H,5,10-12H2,1-4H3,(H,31,33)/t14-,24-/m1/s1. The summed E-state index contributed by atoms with van der Waals surface area (Å²) >= 11 is 0.944. The van der Waals surface area contributed by atoms with Crippen molar-refractivity contribution in [3.63, 3.8) is 0 Å². The molecule has 6 nitrogen and oxygen atoms in total. The van der Waals surface area contributed by atoms with Crippen LogP contribution in [0.5, 0.6) is 0 Å². The average Bonchev–Trinajstić information content (AvgIpc) is 3.13. The van der Waals surface area contributed by atoms with Gasteiger partial charge in [-0.1, -0.05) is 32.9 Å². The Labute approximate surface area is 210 Å². The van der Waals surface area contributed by atoms with Crippen LogP contribution in [0, 0.1) is 28.5 Å². The normalized spacial score (nSPS) is 17.4. The van der Waals surface area contributed by atoms with Crippen LogP contribution < -0.4 is 10.6 Å². The van der Waals surface area contributed by atoms with Gasteiger partial charge in [0.2, 0.25) is 0 Å². The molecule has 11 heteroatoms. The molecule has 194 valence electrons. The van der Waals surface area contributed by atoms with E-state index in [0.717, 1.165) is 34.8 Å². The van der Waals surface area contributed by atoms with Crippen LogP contribution >= 0.6 is 11.3 Å². The van der Waals surface area contributed by atoms with Crippen molar-refractivity contribution in [1.82, 2.24) is 5.32 Å². The summed E-state index contributed by atoms with van der Waals surface area (Å²) in [6, 6.07) is 6.40. The minimum absolute atomic E-state index is 0.0135. The molecule has 1 heterocycles. The third kappa shape index (κ3) is 5.19. The molecule has 0 bridgehead atoms. The van der Waals surface area contributed by atoms with E-state index in [2.05, 4.69) is 26.1 Å². The zero-order valence-corrected chi connectivity index (χ0v) is 21.1. The van der Waals surface area contributed by atoms with Crippen molar-refractivity contribution in [3.8, 4) is 6.07 Å². The number of carbonyl (C=O) groups is 2. The molecule has 1 aliphatic carbocycles. The molecule has 0 spiro atoms. The summed E-state index contributed by atoms with van der Waals surface area (Å²) < 4.78 is 62.7. The number of nitrogens with zero attached hydrogens (tertiary/aromatic N) is 1. The first kappa shape index (κ1) is 27.5. The van der Waals surface area contributed by atoms with Crippen LogP contribution in [0.1, 0.15) is 60.5 Å². The highest BCUT2D eigenvalue weighted by molar-refractivity contribution is 7.16. The summed E-state index contributed by atoms with van der Waals surface area (Å²) in [5.74, 6) is -4.11. The Bertz CT molecular complexity index is 1200. The first-order valence-electron chi connectivity index (χ1n) is 11.4. The third-order valence-electron chi connectivity index (χ3n) is 6.33. The summed E-state index contributed by atoms with van der Waals surface area (Å²) in [5, 5.41) is 13.3. The Morgan fingerprint density at radius 2 is 1.89 bits per heavy atom. The molecule has 0 saturated carbocycles. The fraction of sp³-hybridized carbons (Fsp3) is 0.480. The predicted molar refractivity (Wildman–Crippen MR) is 127 cm³/mol. The summed E-state index contributed by atoms with van der Waals surface area (Å²) in [5.41, 5.74) is -3.87. The molecule has 2 atom stereocenters. The predicted octanol–water partition coefficient (Wildman–Crippen LogP) is 5.57. The fourth-order valence-corrected chi connectivity index (χ4v) is 5.55. The van der Waals surface area contributed by atoms with Crippen molar-refractivity contribution in [1.29, 1.82) is 5.26 Å². The molecule has 1 aromatic heterocycles. The molecule has 0 aliphatic heterocycles. The zero-order chi connectivity index (χ0) is 26.9. The third-order valence-corrected chi connectivity index (χ3v) is 7.50. The minimum atomic E-state index is -5.41. The van der Waals surface area contributed by atoms with E-state index in [9.17, 15) is 32.4 Å². The first-order chi connectivity index (χ1) is 16.7. The number of alkyl halides is 3. The number of fused-ring (bicyclic) bond motifs is 1. The van der Waals surface area contributed by atoms with E-state index in [1.54, 1.807) is 5.32 Å². The van der Waals surface area contributed by atoms with Gasteiger partial charge in [0, 0.05) is 4.88 Å². The lowest BCUT2D eigenvalue weighted by Crippen LogP contribution is -2.69. The Morgan fingerprint density at radius 1 is 1.22 bits per heavy atom. The molecule has 1 aliphatic rings. The van der Waals surface area contributed by atoms with Crippen LogP contribution in [0.15, 0.2) is 24.3 Å². The maximum atomic E-state index is 14.6. The molecule has 1 aromatic carbocycles. The highest BCUT2D eigenvalue weighted by Gasteiger charge is 2.64. The Balaban J connectivity index is 2.11. The number of rotatable bonds is 6. The van der Waals surface area contributed by atoms with E-state index >= 15 is 0 Å². The van der Waals surface area contributed by atoms with Gasteiger partial charge in [-0.3, -0.25) is 4.79 Å². The Morgan fingerprint density at radius 3 is 2.44 bits per heavy atom. The molecular weight excluding hydrogens is 498 g/mol. The number of ether oxygens (including phenoxy) is 1. The molecular formula is C25H27F4N3O3S. The van der Waals surface area contributed by atoms with Crippen LogP contribution in [0.4, 0.5) is 22.6 Å². The van der Waals surface area contributed by atoms with Crippen molar-refractivity contribution in [3.05, 3.63) is 51.7 Å². The van der Waals surface area contributed by atoms with Crippen molar-refractivity contribution in [2.45, 2.75) is 58.8 Å². The maximum absolute atomic E-state index is 14.6. The van der Waals surface area contributed by atoms with Crippen molar-refractivity contribution in [2.24, 2.45) is 11.3 Å². The fourth-order valence-electron chi connectivity index (χ4n) is 4.21. The summed E-state index contributed by atoms with van der Waals surface area (Å²) in [7, 11) is 0. The smallest absolute Gasteiger partial charge is 0.441 e. The average molecular weight is 526 g/mol. The SMILES string of the molecule is CCOC(=O)[C@@](NC(=O)c1ccccc1F)(Nc1sc2c(c1C#N)CC[C@@H](C(C)(C)C)C2)C(F)(F)F. The summed E-state index contributed by atoms with van der Waals surface area (Å²) in [6.07, 6.45) is -3.59. The second kappa shape index (κ2) is 10.1. The summed E-state index contributed by atoms with van der Waals surface area (Å²) in [4.78, 5) is 26.3. The monoisotopic (exact) mass is 525 g/mol. The van der Waals surface area contributed by atoms with Gasteiger partial charge in [-0.2, -0.15) is 18.4 Å². The van der Waals surface area contributed by atoms with Gasteiger partial charge in [-0.25, -0.2) is 9.18 Å². The number of amides is 1. The number of halogens is 4. The second-order valence-electron chi connectivity index (χ2n) is 9.65. The maximum Gasteiger partial charge on any atom is 0.441 e. The van der Waals surface area contributed by atoms with E-state index in [0.29, 0.717) is 18.4 Å². The molecule has 2 N–H and O–H groups in total. The number of esters is 1. The van der Waals surface area contributed by atoms with E-state index in [1.165, 1.54) is 19.1 Å². The quantitative estimate of drug-likeness (QED) is 0.292. The van der Waals surface area contributed by atoms with Crippen LogP contribution in [0.2, 0.25) is 0 Å². The Kier molecular flexibility index (Phi) is 7.69. The van der Waals surface area contributed by atoms with Gasteiger partial charge >= 0.3 is 17.8 Å². The summed E-state index contributed by atoms with van der Waals surface area (Å²) in [6.45, 7) is 7.14. The number of hydrogen-bond donors (Lipinski definition) is 2. The second-order valence-corrected chi connectivity index (χ2v) is 10.8. The van der Waals surface area contributed by atoms with Crippen LogP contribution in [-0.2, 0) is 22.4 Å². The number of nitriles is 1. The molecule has 0 unspecified atom stereocenters. The van der Waals surface area contributed by atoms with E-state index in [4.69, 9.17) is 4.74 Å². The lowest BCUT2D eigenvalue weighted by molar-refractivity contribution is -0.204. The lowest BCUT2D eigenvalue weighted by Gasteiger charge is -2.35. The minimum Gasteiger partial charge on any atom is -0.463 e. The largest absolute Gasteiger partial charge is 0.463 e. The number of hydrogen-bond acceptors (Lipinski definition) is 6. The van der Waals surface area contributed by atoms with Gasteiger partial charge in [0.15, 0.2) is 0 Å². The van der Waals surface area contributed by atoms with Crippen LogP contribution in [0.3, 0.4) is 0 Å². The molecule has 2 aromatic rings.